The molecule has 0 N–H and O–H groups in total. The maximum absolute atomic E-state index is 13.4. The van der Waals surface area contributed by atoms with E-state index in [1.54, 1.807) is 38.7 Å². The first-order chi connectivity index (χ1) is 16.0. The number of aromatic nitrogens is 3. The molecule has 0 radical (unpaired) electrons. The summed E-state index contributed by atoms with van der Waals surface area (Å²) in [4.78, 5) is 31.1. The van der Waals surface area contributed by atoms with Crippen molar-refractivity contribution in [1.82, 2.24) is 19.9 Å². The van der Waals surface area contributed by atoms with Gasteiger partial charge in [-0.15, -0.1) is 0 Å². The second kappa shape index (κ2) is 9.85. The van der Waals surface area contributed by atoms with Gasteiger partial charge >= 0.3 is 0 Å². The largest absolute Gasteiger partial charge is 0.493 e. The van der Waals surface area contributed by atoms with Crippen LogP contribution in [0.15, 0.2) is 48.8 Å². The zero-order valence-corrected chi connectivity index (χ0v) is 19.5. The Morgan fingerprint density at radius 2 is 1.97 bits per heavy atom. The summed E-state index contributed by atoms with van der Waals surface area (Å²) in [5, 5.41) is 0. The molecule has 1 unspecified atom stereocenters. The van der Waals surface area contributed by atoms with Crippen molar-refractivity contribution in [2.24, 2.45) is 0 Å². The summed E-state index contributed by atoms with van der Waals surface area (Å²) < 4.78 is 10.9. The summed E-state index contributed by atoms with van der Waals surface area (Å²) in [6, 6.07) is 11.2. The Bertz CT molecular complexity index is 1120. The van der Waals surface area contributed by atoms with Crippen molar-refractivity contribution < 1.29 is 14.3 Å². The molecule has 3 aromatic rings. The molecule has 4 rings (SSSR count). The molecule has 0 spiro atoms. The lowest BCUT2D eigenvalue weighted by atomic mass is 9.93. The standard InChI is InChI=1S/C25H29N5O3/c1-29(2)22-14-20(27-24(28-22)17-8-6-12-26-15-17)18-9-7-13-30(16-18)25(31)19-10-5-11-21(32-3)23(19)33-4/h5-6,8,10-12,14-15,18H,7,9,13,16H2,1-4H3. The number of ether oxygens (including phenoxy) is 2. The third-order valence-electron chi connectivity index (χ3n) is 5.87. The van der Waals surface area contributed by atoms with Crippen molar-refractivity contribution >= 4 is 11.7 Å². The number of para-hydroxylation sites is 1. The van der Waals surface area contributed by atoms with E-state index in [0.717, 1.165) is 29.9 Å². The van der Waals surface area contributed by atoms with Gasteiger partial charge in [-0.1, -0.05) is 6.07 Å². The van der Waals surface area contributed by atoms with E-state index in [1.165, 1.54) is 0 Å². The van der Waals surface area contributed by atoms with Crippen molar-refractivity contribution in [2.45, 2.75) is 18.8 Å². The molecule has 1 fully saturated rings. The molecule has 1 saturated heterocycles. The summed E-state index contributed by atoms with van der Waals surface area (Å²) in [5.41, 5.74) is 2.31. The van der Waals surface area contributed by atoms with Crippen LogP contribution < -0.4 is 14.4 Å². The number of methoxy groups -OCH3 is 2. The number of rotatable bonds is 6. The van der Waals surface area contributed by atoms with E-state index < -0.39 is 0 Å². The number of anilines is 1. The molecule has 8 heteroatoms. The van der Waals surface area contributed by atoms with Crippen LogP contribution in [-0.4, -0.2) is 67.2 Å². The maximum atomic E-state index is 13.4. The van der Waals surface area contributed by atoms with Gasteiger partial charge in [-0.3, -0.25) is 9.78 Å². The van der Waals surface area contributed by atoms with Gasteiger partial charge in [0.25, 0.3) is 5.91 Å². The average molecular weight is 448 g/mol. The highest BCUT2D eigenvalue weighted by Crippen LogP contribution is 2.34. The Labute approximate surface area is 194 Å². The van der Waals surface area contributed by atoms with Gasteiger partial charge in [0.2, 0.25) is 0 Å². The highest BCUT2D eigenvalue weighted by Gasteiger charge is 2.29. The first-order valence-corrected chi connectivity index (χ1v) is 11.0. The average Bonchev–Trinajstić information content (AvgIpc) is 2.88. The molecule has 172 valence electrons. The van der Waals surface area contributed by atoms with Crippen molar-refractivity contribution in [3.63, 3.8) is 0 Å². The minimum atomic E-state index is -0.0650. The molecule has 1 atom stereocenters. The molecule has 1 aliphatic heterocycles. The quantitative estimate of drug-likeness (QED) is 0.571. The number of nitrogens with zero attached hydrogens (tertiary/aromatic N) is 5. The number of likely N-dealkylation sites (tertiary alicyclic amines) is 1. The van der Waals surface area contributed by atoms with Gasteiger partial charge in [0.1, 0.15) is 5.82 Å². The van der Waals surface area contributed by atoms with Crippen LogP contribution in [-0.2, 0) is 0 Å². The number of carbonyl (C=O) groups excluding carboxylic acids is 1. The molecule has 3 heterocycles. The summed E-state index contributed by atoms with van der Waals surface area (Å²) in [6.07, 6.45) is 5.35. The van der Waals surface area contributed by atoms with Crippen molar-refractivity contribution in [2.75, 3.05) is 46.3 Å². The van der Waals surface area contributed by atoms with Gasteiger partial charge in [-0.25, -0.2) is 9.97 Å². The Morgan fingerprint density at radius 1 is 1.12 bits per heavy atom. The lowest BCUT2D eigenvalue weighted by Gasteiger charge is -2.33. The summed E-state index contributed by atoms with van der Waals surface area (Å²) >= 11 is 0. The van der Waals surface area contributed by atoms with Crippen LogP contribution in [0.1, 0.15) is 34.8 Å². The van der Waals surface area contributed by atoms with Crippen LogP contribution in [0.4, 0.5) is 5.82 Å². The number of piperidine rings is 1. The lowest BCUT2D eigenvalue weighted by Crippen LogP contribution is -2.39. The van der Waals surface area contributed by atoms with E-state index in [1.807, 2.05) is 48.2 Å². The van der Waals surface area contributed by atoms with E-state index in [4.69, 9.17) is 19.4 Å². The molecular formula is C25H29N5O3. The van der Waals surface area contributed by atoms with Gasteiger partial charge in [0.05, 0.1) is 25.5 Å². The van der Waals surface area contributed by atoms with E-state index in [9.17, 15) is 4.79 Å². The number of hydrogen-bond donors (Lipinski definition) is 0. The molecule has 2 aromatic heterocycles. The summed E-state index contributed by atoms with van der Waals surface area (Å²) in [5.74, 6) is 2.52. The third kappa shape index (κ3) is 4.74. The highest BCUT2D eigenvalue weighted by atomic mass is 16.5. The Hall–Kier alpha value is -3.68. The number of carbonyl (C=O) groups is 1. The molecule has 1 aromatic carbocycles. The molecule has 1 amide bonds. The second-order valence-corrected chi connectivity index (χ2v) is 8.24. The number of benzene rings is 1. The van der Waals surface area contributed by atoms with E-state index in [2.05, 4.69) is 4.98 Å². The van der Waals surface area contributed by atoms with Gasteiger partial charge < -0.3 is 19.3 Å². The predicted molar refractivity (Wildman–Crippen MR) is 127 cm³/mol. The number of pyridine rings is 1. The van der Waals surface area contributed by atoms with Crippen LogP contribution in [0.3, 0.4) is 0 Å². The SMILES string of the molecule is COc1cccc(C(=O)N2CCCC(c3cc(N(C)C)nc(-c4cccnc4)n3)C2)c1OC. The molecule has 0 bridgehead atoms. The zero-order chi connectivity index (χ0) is 23.4. The Balaban J connectivity index is 1.64. The third-order valence-corrected chi connectivity index (χ3v) is 5.87. The minimum Gasteiger partial charge on any atom is -0.493 e. The van der Waals surface area contributed by atoms with Crippen molar-refractivity contribution in [1.29, 1.82) is 0 Å². The molecular weight excluding hydrogens is 418 g/mol. The topological polar surface area (TPSA) is 80.7 Å². The number of hydrogen-bond acceptors (Lipinski definition) is 7. The molecule has 0 saturated carbocycles. The molecule has 0 aliphatic carbocycles. The Kier molecular flexibility index (Phi) is 6.72. The van der Waals surface area contributed by atoms with E-state index >= 15 is 0 Å². The highest BCUT2D eigenvalue weighted by molar-refractivity contribution is 5.98. The first kappa shape index (κ1) is 22.5. The van der Waals surface area contributed by atoms with Crippen LogP contribution >= 0.6 is 0 Å². The molecule has 33 heavy (non-hydrogen) atoms. The van der Waals surface area contributed by atoms with Crippen molar-refractivity contribution in [3.8, 4) is 22.9 Å². The van der Waals surface area contributed by atoms with Gasteiger partial charge in [0, 0.05) is 57.1 Å². The fraction of sp³-hybridized carbons (Fsp3) is 0.360. The minimum absolute atomic E-state index is 0.0650. The molecule has 1 aliphatic rings. The lowest BCUT2D eigenvalue weighted by molar-refractivity contribution is 0.0702. The van der Waals surface area contributed by atoms with Gasteiger partial charge in [-0.05, 0) is 37.1 Å². The molecule has 8 nitrogen and oxygen atoms in total. The second-order valence-electron chi connectivity index (χ2n) is 8.24. The van der Waals surface area contributed by atoms with E-state index in [0.29, 0.717) is 36.0 Å². The monoisotopic (exact) mass is 447 g/mol. The smallest absolute Gasteiger partial charge is 0.257 e. The number of amides is 1. The first-order valence-electron chi connectivity index (χ1n) is 11.0. The normalized spacial score (nSPS) is 15.8. The Morgan fingerprint density at radius 3 is 2.67 bits per heavy atom. The van der Waals surface area contributed by atoms with E-state index in [-0.39, 0.29) is 11.8 Å². The summed E-state index contributed by atoms with van der Waals surface area (Å²) in [7, 11) is 7.05. The van der Waals surface area contributed by atoms with Crippen LogP contribution in [0.25, 0.3) is 11.4 Å². The fourth-order valence-electron chi connectivity index (χ4n) is 4.14. The van der Waals surface area contributed by atoms with Crippen LogP contribution in [0.2, 0.25) is 0 Å². The summed E-state index contributed by atoms with van der Waals surface area (Å²) in [6.45, 7) is 1.27. The zero-order valence-electron chi connectivity index (χ0n) is 19.5. The van der Waals surface area contributed by atoms with Gasteiger partial charge in [0.15, 0.2) is 17.3 Å². The maximum Gasteiger partial charge on any atom is 0.257 e. The predicted octanol–water partition coefficient (Wildman–Crippen LogP) is 3.64. The van der Waals surface area contributed by atoms with Crippen molar-refractivity contribution in [3.05, 3.63) is 60.0 Å². The van der Waals surface area contributed by atoms with Crippen LogP contribution in [0, 0.1) is 0 Å². The van der Waals surface area contributed by atoms with Gasteiger partial charge in [-0.2, -0.15) is 0 Å². The fourth-order valence-corrected chi connectivity index (χ4v) is 4.14. The van der Waals surface area contributed by atoms with Crippen LogP contribution in [0.5, 0.6) is 11.5 Å².